The summed E-state index contributed by atoms with van der Waals surface area (Å²) in [7, 11) is 1.73. The largest absolute Gasteiger partial charge is 0.384 e. The minimum Gasteiger partial charge on any atom is -0.384 e. The summed E-state index contributed by atoms with van der Waals surface area (Å²) in [5, 5.41) is 12.7. The maximum atomic E-state index is 12.1. The number of aliphatic hydroxyl groups excluding tert-OH is 1. The fourth-order valence-corrected chi connectivity index (χ4v) is 1.83. The summed E-state index contributed by atoms with van der Waals surface area (Å²) in [6.07, 6.45) is 2.90. The topological polar surface area (TPSA) is 71.2 Å². The molecule has 0 aliphatic heterocycles. The average Bonchev–Trinajstić information content (AvgIpc) is 2.99. The van der Waals surface area contributed by atoms with Gasteiger partial charge in [0.05, 0.1) is 0 Å². The molecule has 2 aromatic rings. The molecular weight excluding hydrogens is 268 g/mol. The highest BCUT2D eigenvalue weighted by atomic mass is 16.2. The van der Waals surface area contributed by atoms with E-state index in [0.29, 0.717) is 6.54 Å². The molecule has 0 saturated carbocycles. The number of aliphatic hydroxyl groups is 1. The van der Waals surface area contributed by atoms with Crippen LogP contribution in [0.4, 0.5) is 0 Å². The summed E-state index contributed by atoms with van der Waals surface area (Å²) in [6, 6.07) is 7.56. The number of amides is 1. The van der Waals surface area contributed by atoms with E-state index in [0.717, 1.165) is 11.1 Å². The molecule has 0 bridgehead atoms. The van der Waals surface area contributed by atoms with Gasteiger partial charge in [-0.3, -0.25) is 4.79 Å². The number of nitrogens with zero attached hydrogens (tertiary/aromatic N) is 4. The lowest BCUT2D eigenvalue weighted by atomic mass is 10.1. The number of likely N-dealkylation sites (N-methyl/N-ethyl adjacent to an activating group) is 1. The molecule has 6 nitrogen and oxygen atoms in total. The van der Waals surface area contributed by atoms with E-state index in [9.17, 15) is 4.79 Å². The number of carbonyl (C=O) groups is 1. The molecule has 1 amide bonds. The van der Waals surface area contributed by atoms with Crippen LogP contribution in [0.1, 0.15) is 11.1 Å². The monoisotopic (exact) mass is 284 g/mol. The van der Waals surface area contributed by atoms with Crippen molar-refractivity contribution in [2.24, 2.45) is 0 Å². The molecule has 6 heteroatoms. The molecule has 1 N–H and O–H groups in total. The smallest absolute Gasteiger partial charge is 0.244 e. The van der Waals surface area contributed by atoms with Crippen LogP contribution in [-0.4, -0.2) is 44.3 Å². The molecule has 0 unspecified atom stereocenters. The molecule has 0 spiro atoms. The van der Waals surface area contributed by atoms with Crippen molar-refractivity contribution in [3.05, 3.63) is 48.0 Å². The lowest BCUT2D eigenvalue weighted by Crippen LogP contribution is -2.30. The first kappa shape index (κ1) is 14.8. The third-order valence-electron chi connectivity index (χ3n) is 2.92. The van der Waals surface area contributed by atoms with Crippen LogP contribution in [0.3, 0.4) is 0 Å². The molecule has 108 valence electrons. The fourth-order valence-electron chi connectivity index (χ4n) is 1.83. The highest BCUT2D eigenvalue weighted by Gasteiger charge is 2.11. The molecule has 0 aliphatic rings. The maximum absolute atomic E-state index is 12.1. The van der Waals surface area contributed by atoms with Crippen molar-refractivity contribution in [1.82, 2.24) is 19.7 Å². The van der Waals surface area contributed by atoms with Crippen LogP contribution in [0.15, 0.2) is 36.9 Å². The Kier molecular flexibility index (Phi) is 5.07. The van der Waals surface area contributed by atoms with Crippen LogP contribution in [0.5, 0.6) is 0 Å². The molecule has 2 rings (SSSR count). The van der Waals surface area contributed by atoms with E-state index in [4.69, 9.17) is 5.11 Å². The molecule has 1 aromatic carbocycles. The van der Waals surface area contributed by atoms with E-state index in [-0.39, 0.29) is 19.1 Å². The second-order valence-electron chi connectivity index (χ2n) is 4.46. The molecule has 21 heavy (non-hydrogen) atoms. The van der Waals surface area contributed by atoms with Gasteiger partial charge in [-0.2, -0.15) is 5.10 Å². The zero-order valence-electron chi connectivity index (χ0n) is 11.7. The lowest BCUT2D eigenvalue weighted by molar-refractivity contribution is -0.131. The van der Waals surface area contributed by atoms with Gasteiger partial charge in [0.1, 0.15) is 25.8 Å². The molecule has 0 saturated heterocycles. The molecule has 0 radical (unpaired) electrons. The number of aromatic nitrogens is 3. The van der Waals surface area contributed by atoms with E-state index in [2.05, 4.69) is 21.9 Å². The second kappa shape index (κ2) is 7.22. The van der Waals surface area contributed by atoms with Crippen LogP contribution in [0, 0.1) is 11.8 Å². The van der Waals surface area contributed by atoms with Crippen LogP contribution < -0.4 is 0 Å². The molecule has 0 atom stereocenters. The molecular formula is C15H16N4O2. The predicted octanol–water partition coefficient (Wildman–Crippen LogP) is 0.281. The van der Waals surface area contributed by atoms with Crippen molar-refractivity contribution in [2.45, 2.75) is 13.1 Å². The first-order valence-electron chi connectivity index (χ1n) is 6.44. The van der Waals surface area contributed by atoms with Crippen molar-refractivity contribution in [2.75, 3.05) is 13.7 Å². The van der Waals surface area contributed by atoms with Crippen LogP contribution in [-0.2, 0) is 17.9 Å². The number of benzene rings is 1. The van der Waals surface area contributed by atoms with Crippen molar-refractivity contribution in [1.29, 1.82) is 0 Å². The van der Waals surface area contributed by atoms with E-state index < -0.39 is 0 Å². The number of carbonyl (C=O) groups excluding carboxylic acids is 1. The molecule has 1 aromatic heterocycles. The first-order valence-corrected chi connectivity index (χ1v) is 6.44. The van der Waals surface area contributed by atoms with E-state index in [1.54, 1.807) is 11.9 Å². The van der Waals surface area contributed by atoms with Gasteiger partial charge in [0.25, 0.3) is 0 Å². The van der Waals surface area contributed by atoms with Gasteiger partial charge in [0.15, 0.2) is 0 Å². The lowest BCUT2D eigenvalue weighted by Gasteiger charge is -2.18. The van der Waals surface area contributed by atoms with E-state index in [1.165, 1.54) is 17.3 Å². The van der Waals surface area contributed by atoms with Crippen LogP contribution >= 0.6 is 0 Å². The third-order valence-corrected chi connectivity index (χ3v) is 2.92. The number of hydrogen-bond acceptors (Lipinski definition) is 4. The minimum absolute atomic E-state index is 0.0644. The maximum Gasteiger partial charge on any atom is 0.244 e. The Morgan fingerprint density at radius 1 is 1.43 bits per heavy atom. The summed E-state index contributed by atoms with van der Waals surface area (Å²) in [4.78, 5) is 17.5. The average molecular weight is 284 g/mol. The summed E-state index contributed by atoms with van der Waals surface area (Å²) in [5.41, 5.74) is 1.75. The summed E-state index contributed by atoms with van der Waals surface area (Å²) >= 11 is 0. The SMILES string of the molecule is CN(Cc1ccccc1C#CCO)C(=O)Cn1cncn1. The van der Waals surface area contributed by atoms with E-state index in [1.807, 2.05) is 24.3 Å². The molecule has 1 heterocycles. The van der Waals surface area contributed by atoms with Gasteiger partial charge in [0.2, 0.25) is 5.91 Å². The third kappa shape index (κ3) is 4.16. The highest BCUT2D eigenvalue weighted by Crippen LogP contribution is 2.10. The molecule has 0 aliphatic carbocycles. The van der Waals surface area contributed by atoms with E-state index >= 15 is 0 Å². The van der Waals surface area contributed by atoms with Gasteiger partial charge >= 0.3 is 0 Å². The van der Waals surface area contributed by atoms with Gasteiger partial charge in [-0.15, -0.1) is 0 Å². The first-order chi connectivity index (χ1) is 10.2. The van der Waals surface area contributed by atoms with Crippen molar-refractivity contribution >= 4 is 5.91 Å². The van der Waals surface area contributed by atoms with Gasteiger partial charge in [0, 0.05) is 19.2 Å². The summed E-state index contributed by atoms with van der Waals surface area (Å²) in [6.45, 7) is 0.417. The standard InChI is InChI=1S/C15H16N4O2/c1-18(15(21)10-19-12-16-11-17-19)9-14-6-3-2-5-13(14)7-4-8-20/h2-3,5-6,11-12,20H,8-10H2,1H3. The number of hydrogen-bond donors (Lipinski definition) is 1. The zero-order valence-corrected chi connectivity index (χ0v) is 11.7. The Bertz CT molecular complexity index is 656. The van der Waals surface area contributed by atoms with Crippen molar-refractivity contribution < 1.29 is 9.90 Å². The Hall–Kier alpha value is -2.65. The van der Waals surface area contributed by atoms with Crippen molar-refractivity contribution in [3.63, 3.8) is 0 Å². The number of rotatable bonds is 4. The quantitative estimate of drug-likeness (QED) is 0.819. The Morgan fingerprint density at radius 3 is 2.95 bits per heavy atom. The predicted molar refractivity (Wildman–Crippen MR) is 76.9 cm³/mol. The van der Waals surface area contributed by atoms with Crippen LogP contribution in [0.25, 0.3) is 0 Å². The Labute approximate surface area is 123 Å². The zero-order chi connectivity index (χ0) is 15.1. The van der Waals surface area contributed by atoms with Gasteiger partial charge < -0.3 is 10.0 Å². The van der Waals surface area contributed by atoms with Gasteiger partial charge in [-0.25, -0.2) is 9.67 Å². The normalized spacial score (nSPS) is 9.81. The summed E-state index contributed by atoms with van der Waals surface area (Å²) < 4.78 is 1.48. The highest BCUT2D eigenvalue weighted by molar-refractivity contribution is 5.75. The Morgan fingerprint density at radius 2 is 2.24 bits per heavy atom. The summed E-state index contributed by atoms with van der Waals surface area (Å²) in [5.74, 6) is 5.45. The minimum atomic E-state index is -0.185. The Balaban J connectivity index is 2.05. The second-order valence-corrected chi connectivity index (χ2v) is 4.46. The van der Waals surface area contributed by atoms with Crippen LogP contribution in [0.2, 0.25) is 0 Å². The van der Waals surface area contributed by atoms with Gasteiger partial charge in [-0.1, -0.05) is 30.0 Å². The van der Waals surface area contributed by atoms with Crippen molar-refractivity contribution in [3.8, 4) is 11.8 Å². The molecule has 0 fully saturated rings. The fraction of sp³-hybridized carbons (Fsp3) is 0.267. The van der Waals surface area contributed by atoms with Gasteiger partial charge in [-0.05, 0) is 11.6 Å².